The van der Waals surface area contributed by atoms with E-state index in [1.807, 2.05) is 42.5 Å². The zero-order valence-electron chi connectivity index (χ0n) is 13.2. The van der Waals surface area contributed by atoms with Crippen LogP contribution in [0.5, 0.6) is 0 Å². The molecule has 3 rings (SSSR count). The zero-order chi connectivity index (χ0) is 16.8. The molecule has 0 fully saturated rings. The van der Waals surface area contributed by atoms with Crippen LogP contribution in [0.25, 0.3) is 0 Å². The van der Waals surface area contributed by atoms with Gasteiger partial charge in [-0.2, -0.15) is 0 Å². The number of carbonyl (C=O) groups is 1. The summed E-state index contributed by atoms with van der Waals surface area (Å²) in [5, 5.41) is 6.33. The molecule has 2 aromatic carbocycles. The van der Waals surface area contributed by atoms with Gasteiger partial charge in [0.25, 0.3) is 0 Å². The van der Waals surface area contributed by atoms with E-state index >= 15 is 0 Å². The van der Waals surface area contributed by atoms with Gasteiger partial charge in [-0.3, -0.25) is 9.59 Å². The van der Waals surface area contributed by atoms with Gasteiger partial charge in [0, 0.05) is 0 Å². The van der Waals surface area contributed by atoms with Crippen molar-refractivity contribution in [2.75, 3.05) is 10.6 Å². The SMILES string of the molecule is O=C1C=CCCC=C1Nc1ccccc1Nc1cccccc1=O. The number of para-hydroxylation sites is 2. The first kappa shape index (κ1) is 15.7. The van der Waals surface area contributed by atoms with E-state index < -0.39 is 0 Å². The summed E-state index contributed by atoms with van der Waals surface area (Å²) in [6.07, 6.45) is 7.05. The molecule has 120 valence electrons. The fourth-order valence-corrected chi connectivity index (χ4v) is 2.44. The van der Waals surface area contributed by atoms with Crippen LogP contribution in [0.15, 0.2) is 83.3 Å². The number of hydrogen-bond donors (Lipinski definition) is 2. The second kappa shape index (κ2) is 7.42. The second-order valence-corrected chi connectivity index (χ2v) is 5.45. The van der Waals surface area contributed by atoms with Gasteiger partial charge in [0.05, 0.1) is 22.8 Å². The number of hydrogen-bond acceptors (Lipinski definition) is 4. The Morgan fingerprint density at radius 3 is 2.21 bits per heavy atom. The highest BCUT2D eigenvalue weighted by atomic mass is 16.1. The fraction of sp³-hybridized carbons (Fsp3) is 0.100. The molecule has 1 aliphatic carbocycles. The van der Waals surface area contributed by atoms with Crippen LogP contribution >= 0.6 is 0 Å². The molecule has 2 N–H and O–H groups in total. The molecular weight excluding hydrogens is 300 g/mol. The van der Waals surface area contributed by atoms with E-state index in [1.54, 1.807) is 24.3 Å². The first-order valence-corrected chi connectivity index (χ1v) is 7.87. The first-order valence-electron chi connectivity index (χ1n) is 7.87. The summed E-state index contributed by atoms with van der Waals surface area (Å²) in [4.78, 5) is 24.2. The minimum atomic E-state index is -0.0949. The van der Waals surface area contributed by atoms with Gasteiger partial charge < -0.3 is 10.6 Å². The molecule has 0 saturated heterocycles. The Balaban J connectivity index is 1.90. The highest BCUT2D eigenvalue weighted by molar-refractivity contribution is 6.06. The van der Waals surface area contributed by atoms with Crippen molar-refractivity contribution in [2.24, 2.45) is 0 Å². The smallest absolute Gasteiger partial charge is 0.201 e. The third-order valence-electron chi connectivity index (χ3n) is 3.68. The van der Waals surface area contributed by atoms with Crippen LogP contribution in [-0.4, -0.2) is 5.78 Å². The maximum atomic E-state index is 12.1. The normalized spacial score (nSPS) is 13.8. The molecule has 0 amide bonds. The lowest BCUT2D eigenvalue weighted by molar-refractivity contribution is -0.111. The molecule has 0 radical (unpaired) electrons. The van der Waals surface area contributed by atoms with Gasteiger partial charge in [-0.15, -0.1) is 0 Å². The predicted octanol–water partition coefficient (Wildman–Crippen LogP) is 4.01. The Hall–Kier alpha value is -3.14. The molecule has 0 aromatic heterocycles. The molecule has 0 heterocycles. The average Bonchev–Trinajstić information content (AvgIpc) is 2.91. The summed E-state index contributed by atoms with van der Waals surface area (Å²) < 4.78 is 0. The van der Waals surface area contributed by atoms with Crippen molar-refractivity contribution in [1.82, 2.24) is 0 Å². The van der Waals surface area contributed by atoms with Crippen molar-refractivity contribution in [3.8, 4) is 0 Å². The third-order valence-corrected chi connectivity index (χ3v) is 3.68. The summed E-state index contributed by atoms with van der Waals surface area (Å²) in [7, 11) is 0. The van der Waals surface area contributed by atoms with Gasteiger partial charge in [-0.1, -0.05) is 42.5 Å². The van der Waals surface area contributed by atoms with Crippen molar-refractivity contribution in [1.29, 1.82) is 0 Å². The first-order chi connectivity index (χ1) is 11.7. The Labute approximate surface area is 140 Å². The van der Waals surface area contributed by atoms with Crippen molar-refractivity contribution in [2.45, 2.75) is 12.8 Å². The second-order valence-electron chi connectivity index (χ2n) is 5.45. The van der Waals surface area contributed by atoms with Crippen LogP contribution in [0, 0.1) is 0 Å². The van der Waals surface area contributed by atoms with E-state index in [0.717, 1.165) is 24.2 Å². The predicted molar refractivity (Wildman–Crippen MR) is 97.5 cm³/mol. The molecule has 0 unspecified atom stereocenters. The lowest BCUT2D eigenvalue weighted by Crippen LogP contribution is -2.11. The summed E-state index contributed by atoms with van der Waals surface area (Å²) in [6, 6.07) is 16.1. The molecule has 0 bridgehead atoms. The lowest BCUT2D eigenvalue weighted by Gasteiger charge is -2.14. The number of carbonyl (C=O) groups excluding carboxylic acids is 1. The summed E-state index contributed by atoms with van der Waals surface area (Å²) in [5.74, 6) is -0.0436. The van der Waals surface area contributed by atoms with Gasteiger partial charge in [-0.25, -0.2) is 0 Å². The molecular formula is C20H18N2O2. The lowest BCUT2D eigenvalue weighted by atomic mass is 10.2. The number of benzene rings is 1. The molecule has 4 nitrogen and oxygen atoms in total. The molecule has 1 aliphatic rings. The fourth-order valence-electron chi connectivity index (χ4n) is 2.44. The summed E-state index contributed by atoms with van der Waals surface area (Å²) in [6.45, 7) is 0. The van der Waals surface area contributed by atoms with E-state index in [2.05, 4.69) is 10.6 Å². The van der Waals surface area contributed by atoms with E-state index in [-0.39, 0.29) is 11.2 Å². The largest absolute Gasteiger partial charge is 0.351 e. The summed E-state index contributed by atoms with van der Waals surface area (Å²) in [5.41, 5.74) is 2.43. The van der Waals surface area contributed by atoms with E-state index in [1.165, 1.54) is 6.07 Å². The average molecular weight is 318 g/mol. The van der Waals surface area contributed by atoms with Gasteiger partial charge in [-0.05, 0) is 43.2 Å². The van der Waals surface area contributed by atoms with E-state index in [9.17, 15) is 9.59 Å². The van der Waals surface area contributed by atoms with Gasteiger partial charge in [0.1, 0.15) is 0 Å². The molecule has 4 heteroatoms. The number of allylic oxidation sites excluding steroid dienone is 3. The Morgan fingerprint density at radius 1 is 0.708 bits per heavy atom. The Bertz CT molecular complexity index is 869. The van der Waals surface area contributed by atoms with E-state index in [0.29, 0.717) is 11.4 Å². The number of ketones is 1. The molecule has 0 aliphatic heterocycles. The highest BCUT2D eigenvalue weighted by Crippen LogP contribution is 2.26. The highest BCUT2D eigenvalue weighted by Gasteiger charge is 2.11. The molecule has 0 saturated carbocycles. The van der Waals surface area contributed by atoms with Crippen LogP contribution < -0.4 is 16.1 Å². The van der Waals surface area contributed by atoms with Crippen LogP contribution in [-0.2, 0) is 4.79 Å². The number of nitrogens with one attached hydrogen (secondary N) is 2. The number of anilines is 3. The Morgan fingerprint density at radius 2 is 1.38 bits per heavy atom. The van der Waals surface area contributed by atoms with Crippen LogP contribution in [0.2, 0.25) is 0 Å². The Kier molecular flexibility index (Phi) is 4.87. The van der Waals surface area contributed by atoms with Crippen molar-refractivity contribution in [3.05, 3.63) is 88.7 Å². The minimum Gasteiger partial charge on any atom is -0.351 e. The van der Waals surface area contributed by atoms with Crippen LogP contribution in [0.4, 0.5) is 17.1 Å². The number of rotatable bonds is 4. The van der Waals surface area contributed by atoms with Gasteiger partial charge in [0.2, 0.25) is 11.2 Å². The quantitative estimate of drug-likeness (QED) is 0.894. The maximum absolute atomic E-state index is 12.1. The third kappa shape index (κ3) is 3.79. The van der Waals surface area contributed by atoms with Gasteiger partial charge in [0.15, 0.2) is 0 Å². The van der Waals surface area contributed by atoms with Crippen LogP contribution in [0.3, 0.4) is 0 Å². The standard InChI is InChI=1S/C20H18N2O2/c23-19-13-5-1-3-11-17(19)21-15-9-7-8-10-16(15)22-18-12-4-2-6-14-20(18)24/h1,3,5-14,22H,2,4H2,(H,21,23). The van der Waals surface area contributed by atoms with Crippen molar-refractivity contribution >= 4 is 22.8 Å². The zero-order valence-corrected chi connectivity index (χ0v) is 13.2. The molecule has 24 heavy (non-hydrogen) atoms. The van der Waals surface area contributed by atoms with E-state index in [4.69, 9.17) is 0 Å². The maximum Gasteiger partial charge on any atom is 0.201 e. The minimum absolute atomic E-state index is 0.0436. The summed E-state index contributed by atoms with van der Waals surface area (Å²) >= 11 is 0. The monoisotopic (exact) mass is 318 g/mol. The van der Waals surface area contributed by atoms with Crippen LogP contribution in [0.1, 0.15) is 12.8 Å². The molecule has 0 spiro atoms. The molecule has 0 atom stereocenters. The molecule has 2 aromatic rings. The van der Waals surface area contributed by atoms with Gasteiger partial charge >= 0.3 is 0 Å². The topological polar surface area (TPSA) is 58.2 Å². The van der Waals surface area contributed by atoms with Crippen molar-refractivity contribution in [3.63, 3.8) is 0 Å². The van der Waals surface area contributed by atoms with Crippen molar-refractivity contribution < 1.29 is 4.79 Å².